The summed E-state index contributed by atoms with van der Waals surface area (Å²) in [7, 11) is 1.30. The number of nitrogens with zero attached hydrogens (tertiary/aromatic N) is 1. The zero-order chi connectivity index (χ0) is 15.9. The fourth-order valence-electron chi connectivity index (χ4n) is 2.01. The van der Waals surface area contributed by atoms with Crippen LogP contribution in [0.15, 0.2) is 30.5 Å². The monoisotopic (exact) mass is 302 g/mol. The van der Waals surface area contributed by atoms with E-state index in [1.165, 1.54) is 7.11 Å². The number of esters is 1. The van der Waals surface area contributed by atoms with Gasteiger partial charge >= 0.3 is 5.97 Å². The highest BCUT2D eigenvalue weighted by Crippen LogP contribution is 2.30. The predicted octanol–water partition coefficient (Wildman–Crippen LogP) is 2.53. The molecule has 0 fully saturated rings. The van der Waals surface area contributed by atoms with Crippen molar-refractivity contribution in [3.05, 3.63) is 30.5 Å². The van der Waals surface area contributed by atoms with E-state index < -0.39 is 5.97 Å². The maximum Gasteiger partial charge on any atom is 0.343 e. The molecule has 1 aromatic carbocycles. The Labute approximate surface area is 128 Å². The van der Waals surface area contributed by atoms with Crippen LogP contribution in [-0.2, 0) is 14.3 Å². The first-order valence-corrected chi connectivity index (χ1v) is 7.03. The van der Waals surface area contributed by atoms with E-state index in [0.717, 1.165) is 11.8 Å². The Morgan fingerprint density at radius 2 is 2.09 bits per heavy atom. The van der Waals surface area contributed by atoms with Gasteiger partial charge in [-0.05, 0) is 30.7 Å². The summed E-state index contributed by atoms with van der Waals surface area (Å²) in [6.45, 7) is 1.76. The van der Waals surface area contributed by atoms with E-state index in [1.54, 1.807) is 24.4 Å². The molecule has 1 heterocycles. The lowest BCUT2D eigenvalue weighted by atomic mass is 10.1. The quantitative estimate of drug-likeness (QED) is 0.830. The number of amides is 1. The van der Waals surface area contributed by atoms with Gasteiger partial charge in [-0.25, -0.2) is 4.79 Å². The van der Waals surface area contributed by atoms with E-state index in [9.17, 15) is 9.59 Å². The van der Waals surface area contributed by atoms with Crippen molar-refractivity contribution >= 4 is 28.5 Å². The van der Waals surface area contributed by atoms with Gasteiger partial charge in [0.05, 0.1) is 12.8 Å². The van der Waals surface area contributed by atoms with Gasteiger partial charge in [-0.3, -0.25) is 9.78 Å². The normalized spacial score (nSPS) is 10.3. The summed E-state index contributed by atoms with van der Waals surface area (Å²) in [6.07, 6.45) is 2.87. The van der Waals surface area contributed by atoms with Gasteiger partial charge in [0.15, 0.2) is 6.61 Å². The van der Waals surface area contributed by atoms with Crippen LogP contribution in [0.1, 0.15) is 19.8 Å². The number of fused-ring (bicyclic) bond motifs is 1. The Hall–Kier alpha value is -2.63. The fraction of sp³-hybridized carbons (Fsp3) is 0.312. The number of pyridine rings is 1. The molecule has 0 bridgehead atoms. The van der Waals surface area contributed by atoms with Crippen molar-refractivity contribution in [2.75, 3.05) is 19.0 Å². The molecule has 0 aliphatic heterocycles. The Balaban J connectivity index is 2.30. The number of rotatable bonds is 6. The van der Waals surface area contributed by atoms with Crippen LogP contribution in [0.5, 0.6) is 5.75 Å². The Morgan fingerprint density at radius 3 is 2.82 bits per heavy atom. The summed E-state index contributed by atoms with van der Waals surface area (Å²) in [5, 5.41) is 3.62. The van der Waals surface area contributed by atoms with Crippen LogP contribution in [0.25, 0.3) is 10.9 Å². The topological polar surface area (TPSA) is 77.5 Å². The molecule has 22 heavy (non-hydrogen) atoms. The van der Waals surface area contributed by atoms with Gasteiger partial charge in [0.2, 0.25) is 5.91 Å². The molecule has 6 heteroatoms. The van der Waals surface area contributed by atoms with Crippen LogP contribution in [0.2, 0.25) is 0 Å². The average molecular weight is 302 g/mol. The van der Waals surface area contributed by atoms with E-state index in [2.05, 4.69) is 15.0 Å². The largest absolute Gasteiger partial charge is 0.480 e. The number of carbonyl (C=O) groups excluding carboxylic acids is 2. The molecule has 1 N–H and O–H groups in total. The molecule has 0 radical (unpaired) electrons. The molecule has 0 saturated carbocycles. The summed E-state index contributed by atoms with van der Waals surface area (Å²) in [5.74, 6) is -0.0465. The lowest BCUT2D eigenvalue weighted by Gasteiger charge is -2.12. The Kier molecular flexibility index (Phi) is 5.30. The molecule has 6 nitrogen and oxygen atoms in total. The molecule has 0 spiro atoms. The standard InChI is InChI=1S/C16H18N2O4/c1-3-5-14(19)18-12-7-8-13(22-10-15(20)21-2)16-11(12)6-4-9-17-16/h4,6-9H,3,5,10H2,1-2H3,(H,18,19). The lowest BCUT2D eigenvalue weighted by molar-refractivity contribution is -0.142. The highest BCUT2D eigenvalue weighted by molar-refractivity contribution is 6.02. The number of hydrogen-bond donors (Lipinski definition) is 1. The fourth-order valence-corrected chi connectivity index (χ4v) is 2.01. The minimum absolute atomic E-state index is 0.0455. The second kappa shape index (κ2) is 7.40. The van der Waals surface area contributed by atoms with Gasteiger partial charge in [0, 0.05) is 18.0 Å². The van der Waals surface area contributed by atoms with Crippen LogP contribution >= 0.6 is 0 Å². The van der Waals surface area contributed by atoms with Crippen molar-refractivity contribution in [1.29, 1.82) is 0 Å². The zero-order valence-electron chi connectivity index (χ0n) is 12.6. The van der Waals surface area contributed by atoms with Crippen molar-refractivity contribution in [2.24, 2.45) is 0 Å². The third kappa shape index (κ3) is 3.72. The second-order valence-corrected chi connectivity index (χ2v) is 4.67. The number of carbonyl (C=O) groups is 2. The summed E-state index contributed by atoms with van der Waals surface area (Å²) in [5.41, 5.74) is 1.26. The third-order valence-electron chi connectivity index (χ3n) is 3.06. The van der Waals surface area contributed by atoms with Crippen LogP contribution in [0.3, 0.4) is 0 Å². The van der Waals surface area contributed by atoms with Crippen molar-refractivity contribution in [3.8, 4) is 5.75 Å². The molecule has 2 rings (SSSR count). The van der Waals surface area contributed by atoms with Gasteiger partial charge in [-0.1, -0.05) is 6.92 Å². The lowest BCUT2D eigenvalue weighted by Crippen LogP contribution is -2.13. The maximum atomic E-state index is 11.8. The van der Waals surface area contributed by atoms with Gasteiger partial charge in [-0.2, -0.15) is 0 Å². The van der Waals surface area contributed by atoms with Crippen molar-refractivity contribution in [1.82, 2.24) is 4.98 Å². The summed E-state index contributed by atoms with van der Waals surface area (Å²) in [4.78, 5) is 27.2. The van der Waals surface area contributed by atoms with E-state index in [1.807, 2.05) is 13.0 Å². The van der Waals surface area contributed by atoms with Crippen LogP contribution in [0, 0.1) is 0 Å². The third-order valence-corrected chi connectivity index (χ3v) is 3.06. The number of hydrogen-bond acceptors (Lipinski definition) is 5. The number of aromatic nitrogens is 1. The van der Waals surface area contributed by atoms with Crippen LogP contribution < -0.4 is 10.1 Å². The van der Waals surface area contributed by atoms with Gasteiger partial charge in [0.25, 0.3) is 0 Å². The molecule has 1 amide bonds. The predicted molar refractivity (Wildman–Crippen MR) is 82.8 cm³/mol. The number of ether oxygens (including phenoxy) is 2. The zero-order valence-corrected chi connectivity index (χ0v) is 12.6. The first kappa shape index (κ1) is 15.8. The molecule has 0 saturated heterocycles. The van der Waals surface area contributed by atoms with Crippen molar-refractivity contribution < 1.29 is 19.1 Å². The minimum Gasteiger partial charge on any atom is -0.480 e. The molecule has 116 valence electrons. The van der Waals surface area contributed by atoms with E-state index in [4.69, 9.17) is 4.74 Å². The Bertz CT molecular complexity index is 685. The number of methoxy groups -OCH3 is 1. The van der Waals surface area contributed by atoms with Crippen molar-refractivity contribution in [3.63, 3.8) is 0 Å². The molecule has 0 aliphatic rings. The average Bonchev–Trinajstić information content (AvgIpc) is 2.54. The highest BCUT2D eigenvalue weighted by atomic mass is 16.6. The van der Waals surface area contributed by atoms with Crippen LogP contribution in [-0.4, -0.2) is 30.6 Å². The van der Waals surface area contributed by atoms with Gasteiger partial charge in [-0.15, -0.1) is 0 Å². The Morgan fingerprint density at radius 1 is 1.27 bits per heavy atom. The van der Waals surface area contributed by atoms with Gasteiger partial charge < -0.3 is 14.8 Å². The summed E-state index contributed by atoms with van der Waals surface area (Å²) < 4.78 is 9.98. The smallest absolute Gasteiger partial charge is 0.343 e. The molecule has 2 aromatic rings. The number of anilines is 1. The molecule has 0 unspecified atom stereocenters. The van der Waals surface area contributed by atoms with E-state index in [0.29, 0.717) is 23.4 Å². The maximum absolute atomic E-state index is 11.8. The second-order valence-electron chi connectivity index (χ2n) is 4.67. The molecule has 0 atom stereocenters. The first-order valence-electron chi connectivity index (χ1n) is 7.03. The minimum atomic E-state index is -0.468. The van der Waals surface area contributed by atoms with E-state index >= 15 is 0 Å². The molecule has 1 aromatic heterocycles. The first-order chi connectivity index (χ1) is 10.7. The molecular formula is C16H18N2O4. The summed E-state index contributed by atoms with van der Waals surface area (Å²) in [6, 6.07) is 7.04. The van der Waals surface area contributed by atoms with Gasteiger partial charge in [0.1, 0.15) is 11.3 Å². The highest BCUT2D eigenvalue weighted by Gasteiger charge is 2.11. The number of benzene rings is 1. The number of nitrogens with one attached hydrogen (secondary N) is 1. The summed E-state index contributed by atoms with van der Waals surface area (Å²) >= 11 is 0. The van der Waals surface area contributed by atoms with Crippen molar-refractivity contribution in [2.45, 2.75) is 19.8 Å². The SMILES string of the molecule is CCCC(=O)Nc1ccc(OCC(=O)OC)c2ncccc12. The van der Waals surface area contributed by atoms with E-state index in [-0.39, 0.29) is 12.5 Å². The molecular weight excluding hydrogens is 284 g/mol. The molecule has 0 aliphatic carbocycles. The van der Waals surface area contributed by atoms with Crippen LogP contribution in [0.4, 0.5) is 5.69 Å².